The molecular formula is C24H24N2O6. The smallest absolute Gasteiger partial charge is 0.339 e. The van der Waals surface area contributed by atoms with E-state index in [0.29, 0.717) is 5.56 Å². The highest BCUT2D eigenvalue weighted by Gasteiger charge is 2.30. The number of nitrogens with one attached hydrogen (secondary N) is 2. The van der Waals surface area contributed by atoms with Crippen molar-refractivity contribution in [3.8, 4) is 0 Å². The monoisotopic (exact) mass is 436 g/mol. The number of hydrogen-bond donors (Lipinski definition) is 2. The Bertz CT molecular complexity index is 1090. The van der Waals surface area contributed by atoms with Gasteiger partial charge in [0.1, 0.15) is 6.61 Å². The van der Waals surface area contributed by atoms with E-state index >= 15 is 0 Å². The highest BCUT2D eigenvalue weighted by atomic mass is 16.5. The first kappa shape index (κ1) is 22.7. The van der Waals surface area contributed by atoms with Crippen molar-refractivity contribution in [3.63, 3.8) is 0 Å². The van der Waals surface area contributed by atoms with Crippen molar-refractivity contribution in [3.05, 3.63) is 82.1 Å². The van der Waals surface area contributed by atoms with Crippen LogP contribution in [0.2, 0.25) is 0 Å². The van der Waals surface area contributed by atoms with Gasteiger partial charge >= 0.3 is 18.0 Å². The van der Waals surface area contributed by atoms with Crippen LogP contribution in [-0.2, 0) is 14.3 Å². The van der Waals surface area contributed by atoms with Crippen LogP contribution in [0.5, 0.6) is 0 Å². The molecule has 0 saturated heterocycles. The maximum absolute atomic E-state index is 12.9. The molecule has 8 heteroatoms. The Labute approximate surface area is 185 Å². The van der Waals surface area contributed by atoms with Gasteiger partial charge < -0.3 is 20.1 Å². The van der Waals surface area contributed by atoms with Gasteiger partial charge in [-0.05, 0) is 26.8 Å². The van der Waals surface area contributed by atoms with Crippen LogP contribution in [0.15, 0.2) is 59.8 Å². The number of aryl methyl sites for hydroxylation is 1. The number of urea groups is 1. The van der Waals surface area contributed by atoms with Gasteiger partial charge in [0.25, 0.3) is 0 Å². The standard InChI is InChI=1S/C24H24N2O6/c1-4-31-23(29)20-15(3)25-24(30)26-19(20)13-32-22(28)18-8-6-5-7-17(18)21(27)16-11-9-14(2)10-12-16/h5-12,15H,4,13H2,1-3H3,(H2,25,26,30)/t15-/m0/s1. The van der Waals surface area contributed by atoms with Crippen molar-refractivity contribution in [2.45, 2.75) is 26.8 Å². The molecule has 2 N–H and O–H groups in total. The fraction of sp³-hybridized carbons (Fsp3) is 0.250. The second-order valence-electron chi connectivity index (χ2n) is 7.25. The fourth-order valence-electron chi connectivity index (χ4n) is 3.33. The molecule has 2 aromatic carbocycles. The number of carbonyl (C=O) groups excluding carboxylic acids is 4. The molecule has 2 aromatic rings. The summed E-state index contributed by atoms with van der Waals surface area (Å²) in [6.45, 7) is 5.00. The molecule has 0 radical (unpaired) electrons. The zero-order chi connectivity index (χ0) is 23.3. The number of amides is 2. The van der Waals surface area contributed by atoms with Crippen molar-refractivity contribution >= 4 is 23.8 Å². The number of benzene rings is 2. The maximum atomic E-state index is 12.9. The number of rotatable bonds is 7. The Hall–Kier alpha value is -3.94. The van der Waals surface area contributed by atoms with Gasteiger partial charge in [0.2, 0.25) is 0 Å². The SMILES string of the molecule is CCOC(=O)C1=C(COC(=O)c2ccccc2C(=O)c2ccc(C)cc2)NC(=O)N[C@H]1C. The van der Waals surface area contributed by atoms with E-state index in [-0.39, 0.29) is 41.4 Å². The Morgan fingerprint density at radius 3 is 2.25 bits per heavy atom. The topological polar surface area (TPSA) is 111 Å². The average molecular weight is 436 g/mol. The molecule has 0 fully saturated rings. The van der Waals surface area contributed by atoms with Crippen molar-refractivity contribution in [2.75, 3.05) is 13.2 Å². The second kappa shape index (κ2) is 9.91. The first-order valence-electron chi connectivity index (χ1n) is 10.2. The second-order valence-corrected chi connectivity index (χ2v) is 7.25. The predicted molar refractivity (Wildman–Crippen MR) is 116 cm³/mol. The van der Waals surface area contributed by atoms with E-state index in [1.54, 1.807) is 44.2 Å². The number of ketones is 1. The van der Waals surface area contributed by atoms with E-state index in [0.717, 1.165) is 5.56 Å². The van der Waals surface area contributed by atoms with Crippen LogP contribution in [0.25, 0.3) is 0 Å². The molecule has 166 valence electrons. The molecule has 0 unspecified atom stereocenters. The van der Waals surface area contributed by atoms with Crippen LogP contribution in [-0.4, -0.2) is 43.0 Å². The quantitative estimate of drug-likeness (QED) is 0.510. The van der Waals surface area contributed by atoms with E-state index in [1.165, 1.54) is 6.07 Å². The minimum Gasteiger partial charge on any atom is -0.463 e. The van der Waals surface area contributed by atoms with Crippen molar-refractivity contribution in [1.82, 2.24) is 10.6 Å². The van der Waals surface area contributed by atoms with Gasteiger partial charge in [-0.2, -0.15) is 0 Å². The number of ether oxygens (including phenoxy) is 2. The highest BCUT2D eigenvalue weighted by Crippen LogP contribution is 2.19. The Balaban J connectivity index is 1.84. The van der Waals surface area contributed by atoms with Gasteiger partial charge in [-0.15, -0.1) is 0 Å². The molecule has 0 aliphatic carbocycles. The molecule has 0 spiro atoms. The van der Waals surface area contributed by atoms with E-state index in [2.05, 4.69) is 10.6 Å². The summed E-state index contributed by atoms with van der Waals surface area (Å²) >= 11 is 0. The zero-order valence-corrected chi connectivity index (χ0v) is 18.1. The lowest BCUT2D eigenvalue weighted by Gasteiger charge is -2.26. The maximum Gasteiger partial charge on any atom is 0.339 e. The first-order chi connectivity index (χ1) is 15.3. The minimum absolute atomic E-state index is 0.0877. The normalized spacial score (nSPS) is 15.5. The molecule has 0 aromatic heterocycles. The molecule has 1 heterocycles. The van der Waals surface area contributed by atoms with Gasteiger partial charge in [0.15, 0.2) is 5.78 Å². The highest BCUT2D eigenvalue weighted by molar-refractivity contribution is 6.14. The zero-order valence-electron chi connectivity index (χ0n) is 18.1. The molecule has 8 nitrogen and oxygen atoms in total. The van der Waals surface area contributed by atoms with Gasteiger partial charge in [0.05, 0.1) is 29.5 Å². The molecule has 32 heavy (non-hydrogen) atoms. The van der Waals surface area contributed by atoms with Crippen LogP contribution in [0.1, 0.15) is 45.7 Å². The van der Waals surface area contributed by atoms with E-state index in [1.807, 2.05) is 19.1 Å². The van der Waals surface area contributed by atoms with Gasteiger partial charge in [-0.1, -0.05) is 48.0 Å². The Morgan fingerprint density at radius 1 is 0.938 bits per heavy atom. The van der Waals surface area contributed by atoms with Gasteiger partial charge in [0, 0.05) is 11.1 Å². The lowest BCUT2D eigenvalue weighted by Crippen LogP contribution is -2.50. The Morgan fingerprint density at radius 2 is 1.59 bits per heavy atom. The molecule has 1 aliphatic rings. The summed E-state index contributed by atoms with van der Waals surface area (Å²) < 4.78 is 10.4. The molecule has 3 rings (SSSR count). The predicted octanol–water partition coefficient (Wildman–Crippen LogP) is 2.90. The summed E-state index contributed by atoms with van der Waals surface area (Å²) in [5.41, 5.74) is 2.05. The van der Waals surface area contributed by atoms with Gasteiger partial charge in [-0.3, -0.25) is 4.79 Å². The lowest BCUT2D eigenvalue weighted by molar-refractivity contribution is -0.139. The summed E-state index contributed by atoms with van der Waals surface area (Å²) in [6.07, 6.45) is 0. The lowest BCUT2D eigenvalue weighted by atomic mass is 9.98. The molecule has 1 atom stereocenters. The summed E-state index contributed by atoms with van der Waals surface area (Å²) in [5.74, 6) is -1.68. The van der Waals surface area contributed by atoms with Crippen LogP contribution in [0, 0.1) is 6.92 Å². The third kappa shape index (κ3) is 5.03. The van der Waals surface area contributed by atoms with Gasteiger partial charge in [-0.25, -0.2) is 14.4 Å². The average Bonchev–Trinajstić information content (AvgIpc) is 2.77. The van der Waals surface area contributed by atoms with Crippen LogP contribution < -0.4 is 10.6 Å². The summed E-state index contributed by atoms with van der Waals surface area (Å²) in [4.78, 5) is 49.9. The molecule has 1 aliphatic heterocycles. The van der Waals surface area contributed by atoms with Crippen molar-refractivity contribution < 1.29 is 28.7 Å². The van der Waals surface area contributed by atoms with E-state index in [9.17, 15) is 19.2 Å². The fourth-order valence-corrected chi connectivity index (χ4v) is 3.33. The summed E-state index contributed by atoms with van der Waals surface area (Å²) in [6, 6.07) is 12.2. The molecule has 2 amide bonds. The first-order valence-corrected chi connectivity index (χ1v) is 10.2. The molecular weight excluding hydrogens is 412 g/mol. The summed E-state index contributed by atoms with van der Waals surface area (Å²) in [7, 11) is 0. The van der Waals surface area contributed by atoms with E-state index < -0.39 is 24.0 Å². The van der Waals surface area contributed by atoms with Crippen molar-refractivity contribution in [2.24, 2.45) is 0 Å². The molecule has 0 saturated carbocycles. The van der Waals surface area contributed by atoms with Crippen LogP contribution >= 0.6 is 0 Å². The third-order valence-electron chi connectivity index (χ3n) is 4.92. The number of esters is 2. The Kier molecular flexibility index (Phi) is 7.04. The van der Waals surface area contributed by atoms with Crippen LogP contribution in [0.3, 0.4) is 0 Å². The van der Waals surface area contributed by atoms with Crippen LogP contribution in [0.4, 0.5) is 4.79 Å². The number of hydrogen-bond acceptors (Lipinski definition) is 6. The molecule has 0 bridgehead atoms. The third-order valence-corrected chi connectivity index (χ3v) is 4.92. The largest absolute Gasteiger partial charge is 0.463 e. The summed E-state index contributed by atoms with van der Waals surface area (Å²) in [5, 5.41) is 5.07. The minimum atomic E-state index is -0.753. The van der Waals surface area contributed by atoms with Crippen molar-refractivity contribution in [1.29, 1.82) is 0 Å². The van der Waals surface area contributed by atoms with E-state index in [4.69, 9.17) is 9.47 Å². The number of carbonyl (C=O) groups is 4.